The zero-order chi connectivity index (χ0) is 11.9. The van der Waals surface area contributed by atoms with Crippen molar-refractivity contribution in [3.63, 3.8) is 0 Å². The van der Waals surface area contributed by atoms with Crippen LogP contribution in [0.1, 0.15) is 44.9 Å². The van der Waals surface area contributed by atoms with Crippen molar-refractivity contribution in [1.29, 1.82) is 0 Å². The quantitative estimate of drug-likeness (QED) is 0.657. The number of hydrogen-bond acceptors (Lipinski definition) is 3. The van der Waals surface area contributed by atoms with Crippen LogP contribution in [0.3, 0.4) is 0 Å². The Morgan fingerprint density at radius 2 is 1.82 bits per heavy atom. The molecule has 1 aliphatic carbocycles. The molecule has 1 heterocycles. The molecule has 0 aromatic heterocycles. The number of rotatable bonds is 8. The van der Waals surface area contributed by atoms with Crippen molar-refractivity contribution in [3.05, 3.63) is 0 Å². The van der Waals surface area contributed by atoms with E-state index in [9.17, 15) is 0 Å². The Bertz CT molecular complexity index is 200. The summed E-state index contributed by atoms with van der Waals surface area (Å²) in [6, 6.07) is 1.65. The predicted octanol–water partition coefficient (Wildman–Crippen LogP) is 2.02. The van der Waals surface area contributed by atoms with Crippen LogP contribution in [0.15, 0.2) is 0 Å². The summed E-state index contributed by atoms with van der Waals surface area (Å²) in [5.41, 5.74) is 0. The van der Waals surface area contributed by atoms with Crippen LogP contribution in [0.5, 0.6) is 0 Å². The van der Waals surface area contributed by atoms with E-state index in [0.717, 1.165) is 25.3 Å². The van der Waals surface area contributed by atoms with E-state index in [1.54, 1.807) is 0 Å². The van der Waals surface area contributed by atoms with Gasteiger partial charge in [0.05, 0.1) is 0 Å². The van der Waals surface area contributed by atoms with E-state index in [1.165, 1.54) is 58.0 Å². The molecule has 2 aliphatic rings. The molecule has 3 heteroatoms. The van der Waals surface area contributed by atoms with Gasteiger partial charge in [0, 0.05) is 25.3 Å². The predicted molar refractivity (Wildman–Crippen MR) is 71.3 cm³/mol. The van der Waals surface area contributed by atoms with Crippen molar-refractivity contribution in [2.75, 3.05) is 33.4 Å². The summed E-state index contributed by atoms with van der Waals surface area (Å²) in [4.78, 5) is 2.54. The molecule has 1 N–H and O–H groups in total. The minimum absolute atomic E-state index is 0.772. The Morgan fingerprint density at radius 3 is 2.53 bits per heavy atom. The molecule has 0 radical (unpaired) electrons. The standard InChI is InChI=1S/C14H28N2O/c1-16(14-7-11-17-12-8-14)10-4-2-3-9-15-13-5-6-13/h13-15H,2-12H2,1H3. The second-order valence-corrected chi connectivity index (χ2v) is 5.61. The third-order valence-corrected chi connectivity index (χ3v) is 4.01. The molecule has 0 atom stereocenters. The summed E-state index contributed by atoms with van der Waals surface area (Å²) in [6.07, 6.45) is 9.32. The monoisotopic (exact) mass is 240 g/mol. The molecule has 0 bridgehead atoms. The second kappa shape index (κ2) is 7.34. The van der Waals surface area contributed by atoms with Crippen molar-refractivity contribution in [1.82, 2.24) is 10.2 Å². The largest absolute Gasteiger partial charge is 0.381 e. The molecule has 1 aliphatic heterocycles. The normalized spacial score (nSPS) is 22.2. The van der Waals surface area contributed by atoms with Gasteiger partial charge in [0.25, 0.3) is 0 Å². The lowest BCUT2D eigenvalue weighted by molar-refractivity contribution is 0.0426. The van der Waals surface area contributed by atoms with Crippen LogP contribution in [-0.2, 0) is 4.74 Å². The summed E-state index contributed by atoms with van der Waals surface area (Å²) in [5, 5.41) is 3.58. The summed E-state index contributed by atoms with van der Waals surface area (Å²) >= 11 is 0. The maximum absolute atomic E-state index is 5.40. The molecular weight excluding hydrogens is 212 g/mol. The van der Waals surface area contributed by atoms with Crippen LogP contribution in [0.25, 0.3) is 0 Å². The van der Waals surface area contributed by atoms with Crippen molar-refractivity contribution in [2.24, 2.45) is 0 Å². The average molecular weight is 240 g/mol. The summed E-state index contributed by atoms with van der Waals surface area (Å²) in [7, 11) is 2.28. The molecule has 0 amide bonds. The smallest absolute Gasteiger partial charge is 0.0480 e. The molecule has 1 saturated carbocycles. The van der Waals surface area contributed by atoms with E-state index in [2.05, 4.69) is 17.3 Å². The van der Waals surface area contributed by atoms with Gasteiger partial charge in [-0.1, -0.05) is 6.42 Å². The number of ether oxygens (including phenoxy) is 1. The molecule has 100 valence electrons. The van der Waals surface area contributed by atoms with Crippen LogP contribution >= 0.6 is 0 Å². The van der Waals surface area contributed by atoms with Crippen LogP contribution in [0.4, 0.5) is 0 Å². The Balaban J connectivity index is 1.42. The van der Waals surface area contributed by atoms with Gasteiger partial charge in [-0.15, -0.1) is 0 Å². The second-order valence-electron chi connectivity index (χ2n) is 5.61. The summed E-state index contributed by atoms with van der Waals surface area (Å²) < 4.78 is 5.40. The van der Waals surface area contributed by atoms with Crippen LogP contribution < -0.4 is 5.32 Å². The van der Waals surface area contributed by atoms with Crippen molar-refractivity contribution in [3.8, 4) is 0 Å². The van der Waals surface area contributed by atoms with Gasteiger partial charge in [-0.2, -0.15) is 0 Å². The lowest BCUT2D eigenvalue weighted by Crippen LogP contribution is -2.37. The van der Waals surface area contributed by atoms with E-state index in [1.807, 2.05) is 0 Å². The van der Waals surface area contributed by atoms with Gasteiger partial charge in [0.1, 0.15) is 0 Å². The summed E-state index contributed by atoms with van der Waals surface area (Å²) in [5.74, 6) is 0. The van der Waals surface area contributed by atoms with Gasteiger partial charge in [0.2, 0.25) is 0 Å². The van der Waals surface area contributed by atoms with Crippen LogP contribution in [0, 0.1) is 0 Å². The minimum Gasteiger partial charge on any atom is -0.381 e. The Morgan fingerprint density at radius 1 is 1.06 bits per heavy atom. The number of hydrogen-bond donors (Lipinski definition) is 1. The number of nitrogens with one attached hydrogen (secondary N) is 1. The average Bonchev–Trinajstić information content (AvgIpc) is 3.18. The first-order chi connectivity index (χ1) is 8.36. The summed E-state index contributed by atoms with van der Waals surface area (Å²) in [6.45, 7) is 4.40. The fraction of sp³-hybridized carbons (Fsp3) is 1.00. The van der Waals surface area contributed by atoms with Crippen molar-refractivity contribution < 1.29 is 4.74 Å². The van der Waals surface area contributed by atoms with E-state index in [4.69, 9.17) is 4.74 Å². The Labute approximate surface area is 106 Å². The first-order valence-corrected chi connectivity index (χ1v) is 7.37. The van der Waals surface area contributed by atoms with Crippen LogP contribution in [-0.4, -0.2) is 50.3 Å². The molecule has 2 fully saturated rings. The molecule has 0 aromatic carbocycles. The molecule has 0 unspecified atom stereocenters. The Hall–Kier alpha value is -0.120. The lowest BCUT2D eigenvalue weighted by Gasteiger charge is -2.31. The first kappa shape index (κ1) is 13.3. The van der Waals surface area contributed by atoms with Gasteiger partial charge < -0.3 is 15.0 Å². The highest BCUT2D eigenvalue weighted by Crippen LogP contribution is 2.18. The lowest BCUT2D eigenvalue weighted by atomic mass is 10.1. The van der Waals surface area contributed by atoms with E-state index in [-0.39, 0.29) is 0 Å². The Kier molecular flexibility index (Phi) is 5.75. The molecule has 0 spiro atoms. The van der Waals surface area contributed by atoms with Gasteiger partial charge in [-0.05, 0) is 58.7 Å². The highest BCUT2D eigenvalue weighted by molar-refractivity contribution is 4.80. The highest BCUT2D eigenvalue weighted by Gasteiger charge is 2.19. The maximum Gasteiger partial charge on any atom is 0.0480 e. The van der Waals surface area contributed by atoms with E-state index < -0.39 is 0 Å². The first-order valence-electron chi connectivity index (χ1n) is 7.37. The fourth-order valence-electron chi connectivity index (χ4n) is 2.57. The topological polar surface area (TPSA) is 24.5 Å². The zero-order valence-corrected chi connectivity index (χ0v) is 11.3. The van der Waals surface area contributed by atoms with Gasteiger partial charge in [0.15, 0.2) is 0 Å². The third kappa shape index (κ3) is 5.36. The van der Waals surface area contributed by atoms with Crippen molar-refractivity contribution >= 4 is 0 Å². The van der Waals surface area contributed by atoms with Gasteiger partial charge in [-0.25, -0.2) is 0 Å². The number of unbranched alkanes of at least 4 members (excludes halogenated alkanes) is 2. The van der Waals surface area contributed by atoms with Gasteiger partial charge in [-0.3, -0.25) is 0 Å². The highest BCUT2D eigenvalue weighted by atomic mass is 16.5. The van der Waals surface area contributed by atoms with E-state index in [0.29, 0.717) is 0 Å². The maximum atomic E-state index is 5.40. The number of nitrogens with zero attached hydrogens (tertiary/aromatic N) is 1. The molecule has 0 aromatic rings. The molecular formula is C14H28N2O. The molecule has 2 rings (SSSR count). The SMILES string of the molecule is CN(CCCCCNC1CC1)C1CCOCC1. The molecule has 17 heavy (non-hydrogen) atoms. The van der Waals surface area contributed by atoms with Crippen LogP contribution in [0.2, 0.25) is 0 Å². The molecule has 1 saturated heterocycles. The zero-order valence-electron chi connectivity index (χ0n) is 11.3. The minimum atomic E-state index is 0.772. The third-order valence-electron chi connectivity index (χ3n) is 4.01. The van der Waals surface area contributed by atoms with E-state index >= 15 is 0 Å². The van der Waals surface area contributed by atoms with Gasteiger partial charge >= 0.3 is 0 Å². The molecule has 3 nitrogen and oxygen atoms in total. The fourth-order valence-corrected chi connectivity index (χ4v) is 2.57. The van der Waals surface area contributed by atoms with Crippen molar-refractivity contribution in [2.45, 2.75) is 57.0 Å².